The van der Waals surface area contributed by atoms with Crippen LogP contribution in [-0.2, 0) is 17.5 Å². The molecule has 206 valence electrons. The molecule has 3 aromatic rings. The van der Waals surface area contributed by atoms with E-state index in [1.54, 1.807) is 41.1 Å². The molecule has 39 heavy (non-hydrogen) atoms. The maximum atomic E-state index is 13.4. The minimum Gasteiger partial charge on any atom is -0.493 e. The molecule has 0 aromatic heterocycles. The number of amides is 2. The van der Waals surface area contributed by atoms with Gasteiger partial charge < -0.3 is 14.5 Å². The molecule has 1 atom stereocenters. The maximum absolute atomic E-state index is 13.4. The zero-order valence-corrected chi connectivity index (χ0v) is 22.3. The zero-order valence-electron chi connectivity index (χ0n) is 21.6. The highest BCUT2D eigenvalue weighted by Crippen LogP contribution is 2.36. The normalized spacial score (nSPS) is 17.5. The van der Waals surface area contributed by atoms with E-state index in [0.29, 0.717) is 36.7 Å². The van der Waals surface area contributed by atoms with Crippen LogP contribution in [0.4, 0.5) is 13.2 Å². The number of piperidine rings is 1. The van der Waals surface area contributed by atoms with Crippen LogP contribution in [0.1, 0.15) is 40.7 Å². The monoisotopic (exact) mass is 558 g/mol. The fraction of sp³-hybridized carbons (Fsp3) is 0.333. The lowest BCUT2D eigenvalue weighted by atomic mass is 9.77. The van der Waals surface area contributed by atoms with Crippen LogP contribution in [0.3, 0.4) is 0 Å². The topological polar surface area (TPSA) is 49.9 Å². The number of carbonyl (C=O) groups excluding carboxylic acids is 2. The summed E-state index contributed by atoms with van der Waals surface area (Å²) in [7, 11) is 1.75. The molecule has 9 heteroatoms. The van der Waals surface area contributed by atoms with Gasteiger partial charge in [-0.25, -0.2) is 0 Å². The van der Waals surface area contributed by atoms with Crippen LogP contribution in [0, 0.1) is 5.41 Å². The fourth-order valence-electron chi connectivity index (χ4n) is 4.85. The molecular weight excluding hydrogens is 529 g/mol. The number of nitrogens with zero attached hydrogens (tertiary/aromatic N) is 2. The highest BCUT2D eigenvalue weighted by molar-refractivity contribution is 6.30. The molecule has 1 aliphatic rings. The molecule has 0 unspecified atom stereocenters. The van der Waals surface area contributed by atoms with Crippen molar-refractivity contribution in [1.82, 2.24) is 9.80 Å². The molecular formula is C30H30ClF3N2O3. The van der Waals surface area contributed by atoms with Crippen LogP contribution in [-0.4, -0.2) is 48.4 Å². The summed E-state index contributed by atoms with van der Waals surface area (Å²) in [5.41, 5.74) is -0.315. The third-order valence-corrected chi connectivity index (χ3v) is 7.23. The summed E-state index contributed by atoms with van der Waals surface area (Å²) in [5, 5.41) is 0.570. The van der Waals surface area contributed by atoms with Gasteiger partial charge in [-0.1, -0.05) is 41.9 Å². The van der Waals surface area contributed by atoms with Crippen molar-refractivity contribution >= 4 is 23.4 Å². The summed E-state index contributed by atoms with van der Waals surface area (Å²) in [6.07, 6.45) is -3.04. The van der Waals surface area contributed by atoms with Crippen LogP contribution >= 0.6 is 11.6 Å². The lowest BCUT2D eigenvalue weighted by molar-refractivity contribution is -0.137. The Bertz CT molecular complexity index is 1270. The fourth-order valence-corrected chi connectivity index (χ4v) is 4.97. The van der Waals surface area contributed by atoms with Crippen molar-refractivity contribution in [2.75, 3.05) is 26.7 Å². The summed E-state index contributed by atoms with van der Waals surface area (Å²) < 4.78 is 45.1. The number of alkyl halides is 3. The first kappa shape index (κ1) is 28.5. The highest BCUT2D eigenvalue weighted by atomic mass is 35.5. The number of carbonyl (C=O) groups is 2. The van der Waals surface area contributed by atoms with Gasteiger partial charge in [-0.3, -0.25) is 9.59 Å². The van der Waals surface area contributed by atoms with Gasteiger partial charge in [0.15, 0.2) is 0 Å². The van der Waals surface area contributed by atoms with Crippen molar-refractivity contribution < 1.29 is 27.5 Å². The smallest absolute Gasteiger partial charge is 0.416 e. The van der Waals surface area contributed by atoms with E-state index in [0.717, 1.165) is 17.7 Å². The second kappa shape index (κ2) is 12.1. The first-order valence-corrected chi connectivity index (χ1v) is 13.1. The van der Waals surface area contributed by atoms with Gasteiger partial charge in [0.2, 0.25) is 5.91 Å². The molecule has 0 radical (unpaired) electrons. The number of benzene rings is 3. The second-order valence-corrected chi connectivity index (χ2v) is 10.5. The zero-order chi connectivity index (χ0) is 28.0. The third kappa shape index (κ3) is 7.53. The van der Waals surface area contributed by atoms with E-state index in [4.69, 9.17) is 16.3 Å². The van der Waals surface area contributed by atoms with Crippen molar-refractivity contribution in [1.29, 1.82) is 0 Å². The number of hydrogen-bond donors (Lipinski definition) is 0. The van der Waals surface area contributed by atoms with Gasteiger partial charge in [0, 0.05) is 49.1 Å². The van der Waals surface area contributed by atoms with E-state index < -0.39 is 17.2 Å². The Hall–Kier alpha value is -3.52. The van der Waals surface area contributed by atoms with E-state index in [9.17, 15) is 22.8 Å². The number of halogens is 4. The molecule has 1 fully saturated rings. The SMILES string of the molecule is CN(Cc1ccccc1)C(=O)C[C@]1(COc2ccc(Cl)cc2)CCCN(C(=O)c2ccc(C(F)(F)F)cc2)C1. The Labute approximate surface area is 231 Å². The van der Waals surface area contributed by atoms with Gasteiger partial charge in [-0.2, -0.15) is 13.2 Å². The molecule has 1 saturated heterocycles. The number of ether oxygens (including phenoxy) is 1. The van der Waals surface area contributed by atoms with Crippen LogP contribution in [0.2, 0.25) is 5.02 Å². The molecule has 0 aliphatic carbocycles. The molecule has 0 N–H and O–H groups in total. The highest BCUT2D eigenvalue weighted by Gasteiger charge is 2.41. The van der Waals surface area contributed by atoms with E-state index >= 15 is 0 Å². The number of hydrogen-bond acceptors (Lipinski definition) is 3. The summed E-state index contributed by atoms with van der Waals surface area (Å²) >= 11 is 5.99. The quantitative estimate of drug-likeness (QED) is 0.309. The van der Waals surface area contributed by atoms with Gasteiger partial charge in [0.05, 0.1) is 12.2 Å². The molecule has 0 spiro atoms. The minimum atomic E-state index is -4.48. The lowest BCUT2D eigenvalue weighted by Gasteiger charge is -2.43. The Morgan fingerprint density at radius 3 is 2.31 bits per heavy atom. The number of rotatable bonds is 8. The standard InChI is InChI=1S/C30H30ClF3N2O3/c1-35(19-22-6-3-2-4-7-22)27(37)18-29(21-39-26-14-12-25(31)13-15-26)16-5-17-36(20-29)28(38)23-8-10-24(11-9-23)30(32,33)34/h2-4,6-15H,5,16-21H2,1H3/t29-/m1/s1. The Morgan fingerprint density at radius 2 is 1.67 bits per heavy atom. The first-order valence-electron chi connectivity index (χ1n) is 12.7. The van der Waals surface area contributed by atoms with Crippen LogP contribution in [0.15, 0.2) is 78.9 Å². The van der Waals surface area contributed by atoms with E-state index in [2.05, 4.69) is 0 Å². The molecule has 0 saturated carbocycles. The lowest BCUT2D eigenvalue weighted by Crippen LogP contribution is -2.50. The number of likely N-dealkylation sites (tertiary alicyclic amines) is 1. The predicted octanol–water partition coefficient (Wildman–Crippen LogP) is 6.71. The average molecular weight is 559 g/mol. The molecule has 3 aromatic carbocycles. The summed E-state index contributed by atoms with van der Waals surface area (Å²) in [6, 6.07) is 20.8. The summed E-state index contributed by atoms with van der Waals surface area (Å²) in [4.78, 5) is 30.0. The summed E-state index contributed by atoms with van der Waals surface area (Å²) in [5.74, 6) is 0.141. The first-order chi connectivity index (χ1) is 18.5. The molecule has 2 amide bonds. The molecule has 0 bridgehead atoms. The van der Waals surface area contributed by atoms with Crippen LogP contribution < -0.4 is 4.74 Å². The van der Waals surface area contributed by atoms with Gasteiger partial charge >= 0.3 is 6.18 Å². The predicted molar refractivity (Wildman–Crippen MR) is 143 cm³/mol. The van der Waals surface area contributed by atoms with Crippen LogP contribution in [0.5, 0.6) is 5.75 Å². The van der Waals surface area contributed by atoms with Gasteiger partial charge in [0.25, 0.3) is 5.91 Å². The van der Waals surface area contributed by atoms with Gasteiger partial charge in [-0.05, 0) is 66.9 Å². The summed E-state index contributed by atoms with van der Waals surface area (Å²) in [6.45, 7) is 1.32. The Kier molecular flexibility index (Phi) is 8.85. The Balaban J connectivity index is 1.52. The second-order valence-electron chi connectivity index (χ2n) is 10.1. The third-order valence-electron chi connectivity index (χ3n) is 6.98. The maximum Gasteiger partial charge on any atom is 0.416 e. The average Bonchev–Trinajstić information content (AvgIpc) is 2.92. The van der Waals surface area contributed by atoms with E-state index in [1.807, 2.05) is 30.3 Å². The Morgan fingerprint density at radius 1 is 1.00 bits per heavy atom. The van der Waals surface area contributed by atoms with E-state index in [-0.39, 0.29) is 37.0 Å². The molecule has 4 rings (SSSR count). The van der Waals surface area contributed by atoms with Gasteiger partial charge in [-0.15, -0.1) is 0 Å². The van der Waals surface area contributed by atoms with Crippen molar-refractivity contribution in [3.63, 3.8) is 0 Å². The molecule has 5 nitrogen and oxygen atoms in total. The van der Waals surface area contributed by atoms with Gasteiger partial charge in [0.1, 0.15) is 5.75 Å². The van der Waals surface area contributed by atoms with Crippen LogP contribution in [0.25, 0.3) is 0 Å². The minimum absolute atomic E-state index is 0.0811. The van der Waals surface area contributed by atoms with Crippen molar-refractivity contribution in [3.05, 3.63) is 101 Å². The van der Waals surface area contributed by atoms with Crippen molar-refractivity contribution in [3.8, 4) is 5.75 Å². The molecule has 1 aliphatic heterocycles. The largest absolute Gasteiger partial charge is 0.493 e. The van der Waals surface area contributed by atoms with Crippen molar-refractivity contribution in [2.45, 2.75) is 32.0 Å². The van der Waals surface area contributed by atoms with Crippen molar-refractivity contribution in [2.24, 2.45) is 5.41 Å². The van der Waals surface area contributed by atoms with E-state index in [1.165, 1.54) is 12.1 Å². The molecule has 1 heterocycles.